The maximum atomic E-state index is 15.0. The standard InChI is InChI=1S/C23H23FN2O6/c1-3-25-12-16(23(29)30)22(28)15-10-17(24)19(11-18(15)25)26-7-6-14(32-26)8-13-4-5-20(27)21(9-13)31-2/h4-5,9-12,14,27H,3,6-8H2,1-2H3,(H,29,30)/t14-/m1/s1. The van der Waals surface area contributed by atoms with Crippen molar-refractivity contribution in [3.05, 3.63) is 63.7 Å². The smallest absolute Gasteiger partial charge is 0.341 e. The molecule has 1 saturated heterocycles. The molecule has 1 aromatic heterocycles. The molecule has 1 aliphatic rings. The van der Waals surface area contributed by atoms with Crippen LogP contribution < -0.4 is 15.2 Å². The predicted octanol–water partition coefficient (Wildman–Crippen LogP) is 3.33. The molecular formula is C23H23FN2O6. The number of carboxylic acid groups (broad SMARTS) is 1. The van der Waals surface area contributed by atoms with Gasteiger partial charge in [-0.2, -0.15) is 0 Å². The summed E-state index contributed by atoms with van der Waals surface area (Å²) in [5.41, 5.74) is 0.422. The van der Waals surface area contributed by atoms with E-state index in [9.17, 15) is 24.2 Å². The fourth-order valence-corrected chi connectivity index (χ4v) is 3.98. The van der Waals surface area contributed by atoms with Gasteiger partial charge in [0.2, 0.25) is 5.43 Å². The number of ether oxygens (including phenoxy) is 1. The van der Waals surface area contributed by atoms with Gasteiger partial charge in [-0.15, -0.1) is 0 Å². The molecule has 168 valence electrons. The Hall–Kier alpha value is -3.59. The number of fused-ring (bicyclic) bond motifs is 1. The number of hydrogen-bond acceptors (Lipinski definition) is 6. The van der Waals surface area contributed by atoms with Crippen LogP contribution in [0.3, 0.4) is 0 Å². The lowest BCUT2D eigenvalue weighted by molar-refractivity contribution is 0.0694. The SMILES string of the molecule is CCn1cc(C(=O)O)c(=O)c2cc(F)c(N3CC[C@H](Cc4ccc(O)c(OC)c4)O3)cc21. The number of carboxylic acids is 1. The summed E-state index contributed by atoms with van der Waals surface area (Å²) in [4.78, 5) is 29.9. The number of benzene rings is 2. The van der Waals surface area contributed by atoms with E-state index in [1.165, 1.54) is 24.4 Å². The molecule has 1 atom stereocenters. The number of carbonyl (C=O) groups is 1. The Balaban J connectivity index is 1.63. The van der Waals surface area contributed by atoms with Gasteiger partial charge in [-0.3, -0.25) is 14.7 Å². The zero-order valence-electron chi connectivity index (χ0n) is 17.7. The summed E-state index contributed by atoms with van der Waals surface area (Å²) >= 11 is 0. The Morgan fingerprint density at radius 1 is 1.31 bits per heavy atom. The summed E-state index contributed by atoms with van der Waals surface area (Å²) in [6.45, 7) is 2.67. The summed E-state index contributed by atoms with van der Waals surface area (Å²) in [5, 5.41) is 20.5. The molecule has 2 N–H and O–H groups in total. The number of nitrogens with zero attached hydrogens (tertiary/aromatic N) is 2. The van der Waals surface area contributed by atoms with Crippen molar-refractivity contribution in [2.75, 3.05) is 18.7 Å². The van der Waals surface area contributed by atoms with Gasteiger partial charge < -0.3 is 19.5 Å². The molecule has 0 spiro atoms. The third-order valence-corrected chi connectivity index (χ3v) is 5.63. The van der Waals surface area contributed by atoms with Gasteiger partial charge in [0.25, 0.3) is 0 Å². The molecule has 3 aromatic rings. The number of phenols is 1. The van der Waals surface area contributed by atoms with E-state index in [-0.39, 0.29) is 22.9 Å². The fourth-order valence-electron chi connectivity index (χ4n) is 3.98. The van der Waals surface area contributed by atoms with Crippen molar-refractivity contribution < 1.29 is 29.0 Å². The monoisotopic (exact) mass is 442 g/mol. The molecule has 2 heterocycles. The predicted molar refractivity (Wildman–Crippen MR) is 116 cm³/mol. The van der Waals surface area contributed by atoms with Gasteiger partial charge in [-0.05, 0) is 43.2 Å². The van der Waals surface area contributed by atoms with Crippen molar-refractivity contribution in [3.63, 3.8) is 0 Å². The van der Waals surface area contributed by atoms with Crippen LogP contribution in [0.25, 0.3) is 10.9 Å². The summed E-state index contributed by atoms with van der Waals surface area (Å²) in [6.07, 6.45) is 2.27. The highest BCUT2D eigenvalue weighted by atomic mass is 19.1. The number of aromatic hydroxyl groups is 1. The topological polar surface area (TPSA) is 101 Å². The average Bonchev–Trinajstić information content (AvgIpc) is 3.23. The van der Waals surface area contributed by atoms with Crippen molar-refractivity contribution in [2.45, 2.75) is 32.4 Å². The zero-order valence-corrected chi connectivity index (χ0v) is 17.7. The highest BCUT2D eigenvalue weighted by molar-refractivity contribution is 5.93. The Labute approximate surface area is 183 Å². The summed E-state index contributed by atoms with van der Waals surface area (Å²) in [6, 6.07) is 7.66. The third kappa shape index (κ3) is 3.87. The van der Waals surface area contributed by atoms with Gasteiger partial charge >= 0.3 is 5.97 Å². The maximum absolute atomic E-state index is 15.0. The van der Waals surface area contributed by atoms with Crippen LogP contribution >= 0.6 is 0 Å². The zero-order chi connectivity index (χ0) is 23.0. The van der Waals surface area contributed by atoms with Crippen molar-refractivity contribution in [1.29, 1.82) is 0 Å². The van der Waals surface area contributed by atoms with Crippen molar-refractivity contribution in [1.82, 2.24) is 4.57 Å². The Kier molecular flexibility index (Phi) is 5.75. The third-order valence-electron chi connectivity index (χ3n) is 5.63. The van der Waals surface area contributed by atoms with E-state index in [2.05, 4.69) is 0 Å². The number of aromatic carboxylic acids is 1. The van der Waals surface area contributed by atoms with Gasteiger partial charge in [0, 0.05) is 31.1 Å². The number of halogens is 1. The summed E-state index contributed by atoms with van der Waals surface area (Å²) < 4.78 is 21.7. The normalized spacial score (nSPS) is 16.0. The molecule has 0 radical (unpaired) electrons. The Morgan fingerprint density at radius 3 is 2.78 bits per heavy atom. The van der Waals surface area contributed by atoms with Gasteiger partial charge in [0.15, 0.2) is 11.5 Å². The number of hydrogen-bond donors (Lipinski definition) is 2. The second-order valence-corrected chi connectivity index (χ2v) is 7.61. The molecule has 0 aliphatic carbocycles. The minimum Gasteiger partial charge on any atom is -0.504 e. The Morgan fingerprint density at radius 2 is 2.09 bits per heavy atom. The van der Waals surface area contributed by atoms with Crippen molar-refractivity contribution in [3.8, 4) is 11.5 Å². The number of hydroxylamine groups is 1. The first-order chi connectivity index (χ1) is 15.3. The average molecular weight is 442 g/mol. The van der Waals surface area contributed by atoms with E-state index in [4.69, 9.17) is 9.57 Å². The first-order valence-corrected chi connectivity index (χ1v) is 10.2. The first-order valence-electron chi connectivity index (χ1n) is 10.2. The molecule has 2 aromatic carbocycles. The lowest BCUT2D eigenvalue weighted by Crippen LogP contribution is -2.22. The number of phenolic OH excluding ortho intramolecular Hbond substituents is 1. The molecule has 0 amide bonds. The molecule has 9 heteroatoms. The number of aryl methyl sites for hydroxylation is 1. The van der Waals surface area contributed by atoms with E-state index in [1.54, 1.807) is 22.8 Å². The van der Waals surface area contributed by atoms with Gasteiger partial charge in [0.05, 0.1) is 18.7 Å². The van der Waals surface area contributed by atoms with E-state index in [0.29, 0.717) is 37.2 Å². The van der Waals surface area contributed by atoms with Crippen LogP contribution in [-0.2, 0) is 17.8 Å². The molecule has 4 rings (SSSR count). The summed E-state index contributed by atoms with van der Waals surface area (Å²) in [7, 11) is 1.48. The molecule has 32 heavy (non-hydrogen) atoms. The maximum Gasteiger partial charge on any atom is 0.341 e. The van der Waals surface area contributed by atoms with Crippen LogP contribution in [0.5, 0.6) is 11.5 Å². The van der Waals surface area contributed by atoms with E-state index in [0.717, 1.165) is 11.6 Å². The Bertz CT molecular complexity index is 1260. The van der Waals surface area contributed by atoms with Crippen LogP contribution in [-0.4, -0.2) is 40.5 Å². The lowest BCUT2D eigenvalue weighted by Gasteiger charge is -2.21. The molecule has 1 aliphatic heterocycles. The second kappa shape index (κ2) is 8.51. The largest absolute Gasteiger partial charge is 0.504 e. The summed E-state index contributed by atoms with van der Waals surface area (Å²) in [5.74, 6) is -1.58. The molecule has 0 saturated carbocycles. The van der Waals surface area contributed by atoms with E-state index >= 15 is 0 Å². The highest BCUT2D eigenvalue weighted by Gasteiger charge is 2.27. The molecular weight excluding hydrogens is 419 g/mol. The van der Waals surface area contributed by atoms with Crippen LogP contribution in [0.2, 0.25) is 0 Å². The number of anilines is 1. The highest BCUT2D eigenvalue weighted by Crippen LogP contribution is 2.32. The first kappa shape index (κ1) is 21.6. The second-order valence-electron chi connectivity index (χ2n) is 7.61. The molecule has 0 bridgehead atoms. The number of aromatic nitrogens is 1. The number of methoxy groups -OCH3 is 1. The molecule has 1 fully saturated rings. The van der Waals surface area contributed by atoms with Crippen LogP contribution in [0.15, 0.2) is 41.3 Å². The minimum atomic E-state index is -1.35. The minimum absolute atomic E-state index is 0.0138. The quantitative estimate of drug-likeness (QED) is 0.604. The van der Waals surface area contributed by atoms with Gasteiger partial charge in [-0.25, -0.2) is 9.18 Å². The molecule has 0 unspecified atom stereocenters. The van der Waals surface area contributed by atoms with Crippen molar-refractivity contribution >= 4 is 22.6 Å². The van der Waals surface area contributed by atoms with Crippen LogP contribution in [0.4, 0.5) is 10.1 Å². The van der Waals surface area contributed by atoms with Crippen LogP contribution in [0, 0.1) is 5.82 Å². The molecule has 8 nitrogen and oxygen atoms in total. The fraction of sp³-hybridized carbons (Fsp3) is 0.304. The van der Waals surface area contributed by atoms with Gasteiger partial charge in [0.1, 0.15) is 17.1 Å². The van der Waals surface area contributed by atoms with Crippen molar-refractivity contribution in [2.24, 2.45) is 0 Å². The number of rotatable bonds is 6. The van der Waals surface area contributed by atoms with E-state index < -0.39 is 22.8 Å². The lowest BCUT2D eigenvalue weighted by atomic mass is 10.1. The van der Waals surface area contributed by atoms with Gasteiger partial charge in [-0.1, -0.05) is 6.07 Å². The number of pyridine rings is 1. The van der Waals surface area contributed by atoms with E-state index in [1.807, 2.05) is 6.92 Å². The van der Waals surface area contributed by atoms with Crippen LogP contribution in [0.1, 0.15) is 29.3 Å².